The van der Waals surface area contributed by atoms with Crippen molar-refractivity contribution in [2.45, 2.75) is 56.8 Å². The van der Waals surface area contributed by atoms with E-state index in [4.69, 9.17) is 0 Å². The van der Waals surface area contributed by atoms with Crippen molar-refractivity contribution in [3.8, 4) is 0 Å². The van der Waals surface area contributed by atoms with Crippen LogP contribution in [0, 0.1) is 0 Å². The van der Waals surface area contributed by atoms with Crippen molar-refractivity contribution in [3.63, 3.8) is 0 Å². The summed E-state index contributed by atoms with van der Waals surface area (Å²) in [7, 11) is -3.36. The average molecular weight is 429 g/mol. The molecule has 0 saturated carbocycles. The molecule has 0 spiro atoms. The molecule has 0 radical (unpaired) electrons. The fourth-order valence-corrected chi connectivity index (χ4v) is 5.34. The number of aryl methyl sites for hydroxylation is 1. The number of amides is 1. The first-order valence-corrected chi connectivity index (χ1v) is 12.3. The van der Waals surface area contributed by atoms with Crippen molar-refractivity contribution in [3.05, 3.63) is 46.3 Å². The van der Waals surface area contributed by atoms with Gasteiger partial charge in [0, 0.05) is 29.2 Å². The second kappa shape index (κ2) is 8.40. The summed E-state index contributed by atoms with van der Waals surface area (Å²) in [5, 5.41) is 12.2. The first-order valence-electron chi connectivity index (χ1n) is 10.7. The summed E-state index contributed by atoms with van der Waals surface area (Å²) in [6, 6.07) is 4.80. The number of aliphatic hydroxyl groups is 1. The zero-order valence-electron chi connectivity index (χ0n) is 17.3. The van der Waals surface area contributed by atoms with Crippen LogP contribution in [0.2, 0.25) is 0 Å². The zero-order valence-corrected chi connectivity index (χ0v) is 18.1. The molecule has 2 heterocycles. The van der Waals surface area contributed by atoms with Gasteiger partial charge >= 0.3 is 0 Å². The molecule has 0 saturated heterocycles. The van der Waals surface area contributed by atoms with Crippen molar-refractivity contribution in [1.82, 2.24) is 4.98 Å². The third-order valence-corrected chi connectivity index (χ3v) is 7.81. The van der Waals surface area contributed by atoms with E-state index in [0.717, 1.165) is 37.8 Å². The molecule has 30 heavy (non-hydrogen) atoms. The SMILES string of the molecule is CCS(=O)(=O)c1ccc2c(c1)/C(=C/c1[nH]c3c(c1CCCO)CCCCC3)C(=O)N2. The van der Waals surface area contributed by atoms with E-state index >= 15 is 0 Å². The summed E-state index contributed by atoms with van der Waals surface area (Å²) in [4.78, 5) is 16.5. The summed E-state index contributed by atoms with van der Waals surface area (Å²) < 4.78 is 24.7. The highest BCUT2D eigenvalue weighted by Crippen LogP contribution is 2.36. The van der Waals surface area contributed by atoms with E-state index in [-0.39, 0.29) is 23.2 Å². The highest BCUT2D eigenvalue weighted by molar-refractivity contribution is 7.91. The number of hydrogen-bond acceptors (Lipinski definition) is 4. The molecule has 2 aromatic rings. The minimum atomic E-state index is -3.36. The molecule has 1 aromatic heterocycles. The minimum Gasteiger partial charge on any atom is -0.396 e. The highest BCUT2D eigenvalue weighted by atomic mass is 32.2. The van der Waals surface area contributed by atoms with E-state index in [2.05, 4.69) is 10.3 Å². The number of carbonyl (C=O) groups excluding carboxylic acids is 1. The fourth-order valence-electron chi connectivity index (χ4n) is 4.43. The van der Waals surface area contributed by atoms with E-state index in [1.807, 2.05) is 6.08 Å². The van der Waals surface area contributed by atoms with Crippen LogP contribution in [-0.2, 0) is 33.9 Å². The number of hydrogen-bond donors (Lipinski definition) is 3. The molecule has 0 fully saturated rings. The van der Waals surface area contributed by atoms with Crippen LogP contribution in [0.1, 0.15) is 60.7 Å². The quantitative estimate of drug-likeness (QED) is 0.484. The molecule has 1 aliphatic heterocycles. The zero-order chi connectivity index (χ0) is 21.3. The van der Waals surface area contributed by atoms with Crippen LogP contribution < -0.4 is 5.32 Å². The molecule has 1 amide bonds. The summed E-state index contributed by atoms with van der Waals surface area (Å²) in [6.07, 6.45) is 8.78. The molecule has 7 heteroatoms. The molecule has 1 aliphatic carbocycles. The standard InChI is InChI=1S/C23H28N2O4S/c1-2-30(28,29)15-10-11-21-18(13-15)19(23(27)25-21)14-22-17(8-6-12-26)16-7-4-3-5-9-20(16)24-22/h10-11,13-14,24,26H,2-9,12H2,1H3,(H,25,27)/b19-14-. The number of sulfone groups is 1. The number of H-pyrrole nitrogens is 1. The first kappa shape index (κ1) is 20.9. The van der Waals surface area contributed by atoms with E-state index < -0.39 is 9.84 Å². The molecular formula is C23H28N2O4S. The number of aromatic amines is 1. The Balaban J connectivity index is 1.81. The molecule has 0 unspecified atom stereocenters. The van der Waals surface area contributed by atoms with Gasteiger partial charge in [0.15, 0.2) is 9.84 Å². The van der Waals surface area contributed by atoms with Crippen LogP contribution in [0.5, 0.6) is 0 Å². The predicted molar refractivity (Wildman–Crippen MR) is 118 cm³/mol. The van der Waals surface area contributed by atoms with Gasteiger partial charge in [-0.2, -0.15) is 0 Å². The smallest absolute Gasteiger partial charge is 0.256 e. The van der Waals surface area contributed by atoms with Gasteiger partial charge in [-0.1, -0.05) is 13.3 Å². The highest BCUT2D eigenvalue weighted by Gasteiger charge is 2.27. The van der Waals surface area contributed by atoms with Crippen LogP contribution in [-0.4, -0.2) is 36.8 Å². The second-order valence-electron chi connectivity index (χ2n) is 7.99. The van der Waals surface area contributed by atoms with Crippen LogP contribution in [0.3, 0.4) is 0 Å². The van der Waals surface area contributed by atoms with Gasteiger partial charge in [0.2, 0.25) is 0 Å². The van der Waals surface area contributed by atoms with Gasteiger partial charge in [-0.05, 0) is 73.9 Å². The number of nitrogens with one attached hydrogen (secondary N) is 2. The number of rotatable bonds is 6. The lowest BCUT2D eigenvalue weighted by Crippen LogP contribution is -2.04. The van der Waals surface area contributed by atoms with Crippen molar-refractivity contribution >= 4 is 33.1 Å². The molecular weight excluding hydrogens is 400 g/mol. The van der Waals surface area contributed by atoms with Crippen molar-refractivity contribution in [2.24, 2.45) is 0 Å². The van der Waals surface area contributed by atoms with Crippen molar-refractivity contribution < 1.29 is 18.3 Å². The predicted octanol–water partition coefficient (Wildman–Crippen LogP) is 3.49. The lowest BCUT2D eigenvalue weighted by molar-refractivity contribution is -0.110. The van der Waals surface area contributed by atoms with E-state index in [9.17, 15) is 18.3 Å². The van der Waals surface area contributed by atoms with Crippen molar-refractivity contribution in [1.29, 1.82) is 0 Å². The molecule has 0 bridgehead atoms. The van der Waals surface area contributed by atoms with Gasteiger partial charge in [0.25, 0.3) is 5.91 Å². The molecule has 1 aromatic carbocycles. The molecule has 160 valence electrons. The topological polar surface area (TPSA) is 99.3 Å². The number of fused-ring (bicyclic) bond motifs is 2. The summed E-state index contributed by atoms with van der Waals surface area (Å²) in [6.45, 7) is 1.74. The Morgan fingerprint density at radius 1 is 1.17 bits per heavy atom. The largest absolute Gasteiger partial charge is 0.396 e. The third-order valence-electron chi connectivity index (χ3n) is 6.08. The number of aromatic nitrogens is 1. The molecule has 6 nitrogen and oxygen atoms in total. The van der Waals surface area contributed by atoms with Gasteiger partial charge in [-0.3, -0.25) is 4.79 Å². The maximum Gasteiger partial charge on any atom is 0.256 e. The molecule has 0 atom stereocenters. The summed E-state index contributed by atoms with van der Waals surface area (Å²) in [5.74, 6) is -0.213. The van der Waals surface area contributed by atoms with Crippen molar-refractivity contribution in [2.75, 3.05) is 17.7 Å². The second-order valence-corrected chi connectivity index (χ2v) is 10.3. The van der Waals surface area contributed by atoms with Gasteiger partial charge in [-0.25, -0.2) is 8.42 Å². The van der Waals surface area contributed by atoms with Crippen LogP contribution >= 0.6 is 0 Å². The molecule has 4 rings (SSSR count). The maximum absolute atomic E-state index is 12.7. The lowest BCUT2D eigenvalue weighted by Gasteiger charge is -2.06. The normalized spacial score (nSPS) is 17.5. The van der Waals surface area contributed by atoms with E-state index in [1.165, 1.54) is 23.2 Å². The lowest BCUT2D eigenvalue weighted by atomic mass is 9.98. The average Bonchev–Trinajstić information content (AvgIpc) is 3.11. The Bertz CT molecular complexity index is 1110. The molecule has 3 N–H and O–H groups in total. The number of carbonyl (C=O) groups is 1. The Morgan fingerprint density at radius 3 is 2.73 bits per heavy atom. The summed E-state index contributed by atoms with van der Waals surface area (Å²) >= 11 is 0. The maximum atomic E-state index is 12.7. The Hall–Kier alpha value is -2.38. The minimum absolute atomic E-state index is 0.0147. The number of benzene rings is 1. The van der Waals surface area contributed by atoms with E-state index in [1.54, 1.807) is 25.1 Å². The number of aliphatic hydroxyl groups excluding tert-OH is 1. The Labute approximate surface area is 177 Å². The van der Waals surface area contributed by atoms with Gasteiger partial charge in [0.05, 0.1) is 16.2 Å². The van der Waals surface area contributed by atoms with Crippen LogP contribution in [0.15, 0.2) is 23.1 Å². The number of anilines is 1. The first-order chi connectivity index (χ1) is 14.4. The van der Waals surface area contributed by atoms with E-state index in [0.29, 0.717) is 23.2 Å². The Kier molecular flexibility index (Phi) is 5.84. The van der Waals surface area contributed by atoms with Crippen LogP contribution in [0.25, 0.3) is 11.6 Å². The van der Waals surface area contributed by atoms with Gasteiger partial charge in [-0.15, -0.1) is 0 Å². The monoisotopic (exact) mass is 428 g/mol. The Morgan fingerprint density at radius 2 is 1.97 bits per heavy atom. The van der Waals surface area contributed by atoms with Gasteiger partial charge < -0.3 is 15.4 Å². The molecule has 2 aliphatic rings. The third kappa shape index (κ3) is 3.84. The fraction of sp³-hybridized carbons (Fsp3) is 0.435. The van der Waals surface area contributed by atoms with Crippen LogP contribution in [0.4, 0.5) is 5.69 Å². The summed E-state index contributed by atoms with van der Waals surface area (Å²) in [5.41, 5.74) is 6.35. The van der Waals surface area contributed by atoms with Gasteiger partial charge in [0.1, 0.15) is 0 Å².